The van der Waals surface area contributed by atoms with E-state index in [4.69, 9.17) is 23.7 Å². The van der Waals surface area contributed by atoms with Crippen molar-refractivity contribution < 1.29 is 23.7 Å². The monoisotopic (exact) mass is 332 g/mol. The van der Waals surface area contributed by atoms with Gasteiger partial charge >= 0.3 is 0 Å². The smallest absolute Gasteiger partial charge is 0.285 e. The van der Waals surface area contributed by atoms with E-state index in [2.05, 4.69) is 6.92 Å². The Kier molecular flexibility index (Phi) is 11.1. The lowest BCUT2D eigenvalue weighted by molar-refractivity contribution is -0.381. The fourth-order valence-corrected chi connectivity index (χ4v) is 3.02. The molecule has 0 aromatic heterocycles. The van der Waals surface area contributed by atoms with Gasteiger partial charge in [0, 0.05) is 33.9 Å². The Morgan fingerprint density at radius 2 is 1.57 bits per heavy atom. The molecule has 5 nitrogen and oxygen atoms in total. The zero-order chi connectivity index (χ0) is 17.0. The molecule has 0 radical (unpaired) electrons. The van der Waals surface area contributed by atoms with Crippen molar-refractivity contribution in [2.24, 2.45) is 5.92 Å². The molecule has 0 aromatic rings. The van der Waals surface area contributed by atoms with Crippen LogP contribution in [0.2, 0.25) is 0 Å². The first kappa shape index (κ1) is 20.8. The highest BCUT2D eigenvalue weighted by Crippen LogP contribution is 2.31. The number of epoxide rings is 1. The predicted molar refractivity (Wildman–Crippen MR) is 90.4 cm³/mol. The summed E-state index contributed by atoms with van der Waals surface area (Å²) in [5.41, 5.74) is 0. The molecule has 1 heterocycles. The second kappa shape index (κ2) is 12.2. The van der Waals surface area contributed by atoms with Gasteiger partial charge < -0.3 is 23.7 Å². The lowest BCUT2D eigenvalue weighted by Crippen LogP contribution is -2.44. The molecule has 0 N–H and O–H groups in total. The Morgan fingerprint density at radius 1 is 0.957 bits per heavy atom. The van der Waals surface area contributed by atoms with Crippen molar-refractivity contribution in [2.75, 3.05) is 41.2 Å². The Labute approximate surface area is 142 Å². The number of methoxy groups -OCH3 is 3. The van der Waals surface area contributed by atoms with Crippen molar-refractivity contribution in [3.63, 3.8) is 0 Å². The minimum atomic E-state index is -0.969. The molecule has 2 unspecified atom stereocenters. The van der Waals surface area contributed by atoms with Gasteiger partial charge in [-0.1, -0.05) is 45.4 Å². The zero-order valence-electron chi connectivity index (χ0n) is 15.5. The molecule has 138 valence electrons. The molecule has 23 heavy (non-hydrogen) atoms. The first-order valence-corrected chi connectivity index (χ1v) is 9.07. The third kappa shape index (κ3) is 7.94. The molecule has 2 atom stereocenters. The number of ether oxygens (including phenoxy) is 5. The lowest BCUT2D eigenvalue weighted by atomic mass is 9.94. The summed E-state index contributed by atoms with van der Waals surface area (Å²) in [6.07, 6.45) is 9.85. The van der Waals surface area contributed by atoms with Crippen LogP contribution >= 0.6 is 0 Å². The maximum Gasteiger partial charge on any atom is 0.285 e. The van der Waals surface area contributed by atoms with Crippen LogP contribution in [0.3, 0.4) is 0 Å². The molecule has 1 saturated heterocycles. The molecule has 0 amide bonds. The highest BCUT2D eigenvalue weighted by Gasteiger charge is 2.39. The van der Waals surface area contributed by atoms with E-state index >= 15 is 0 Å². The minimum Gasteiger partial charge on any atom is -0.379 e. The topological polar surface area (TPSA) is 49.5 Å². The Bertz CT molecular complexity index is 268. The van der Waals surface area contributed by atoms with Gasteiger partial charge in [0.1, 0.15) is 6.10 Å². The van der Waals surface area contributed by atoms with Crippen LogP contribution < -0.4 is 0 Å². The molecular weight excluding hydrogens is 296 g/mol. The number of hydrogen-bond acceptors (Lipinski definition) is 5. The van der Waals surface area contributed by atoms with Crippen molar-refractivity contribution in [2.45, 2.75) is 70.4 Å². The Balaban J connectivity index is 2.35. The number of rotatable bonds is 16. The number of unbranched alkanes of at least 4 members (excludes halogenated alkanes) is 5. The van der Waals surface area contributed by atoms with E-state index in [1.807, 2.05) is 0 Å². The molecule has 1 rings (SSSR count). The van der Waals surface area contributed by atoms with Gasteiger partial charge in [-0.2, -0.15) is 0 Å². The van der Waals surface area contributed by atoms with E-state index in [0.717, 1.165) is 25.9 Å². The summed E-state index contributed by atoms with van der Waals surface area (Å²) in [5, 5.41) is 0. The summed E-state index contributed by atoms with van der Waals surface area (Å²) in [6, 6.07) is 0. The number of hydrogen-bond donors (Lipinski definition) is 0. The van der Waals surface area contributed by atoms with Crippen LogP contribution in [0.1, 0.15) is 58.3 Å². The van der Waals surface area contributed by atoms with Crippen molar-refractivity contribution >= 4 is 0 Å². The first-order chi connectivity index (χ1) is 11.2. The largest absolute Gasteiger partial charge is 0.379 e. The molecule has 0 aromatic carbocycles. The highest BCUT2D eigenvalue weighted by molar-refractivity contribution is 4.72. The van der Waals surface area contributed by atoms with Crippen LogP contribution in [-0.2, 0) is 23.7 Å². The summed E-state index contributed by atoms with van der Waals surface area (Å²) in [7, 11) is 4.92. The molecule has 1 aliphatic rings. The van der Waals surface area contributed by atoms with Crippen LogP contribution in [0.15, 0.2) is 0 Å². The van der Waals surface area contributed by atoms with E-state index in [-0.39, 0.29) is 5.92 Å². The lowest BCUT2D eigenvalue weighted by Gasteiger charge is -2.36. The zero-order valence-corrected chi connectivity index (χ0v) is 15.5. The van der Waals surface area contributed by atoms with Crippen LogP contribution in [0, 0.1) is 5.92 Å². The van der Waals surface area contributed by atoms with Gasteiger partial charge in [-0.15, -0.1) is 0 Å². The molecular formula is C18H36O5. The Hall–Kier alpha value is -0.200. The first-order valence-electron chi connectivity index (χ1n) is 9.07. The van der Waals surface area contributed by atoms with Crippen LogP contribution in [0.4, 0.5) is 0 Å². The van der Waals surface area contributed by atoms with E-state index in [0.29, 0.717) is 19.3 Å². The molecule has 0 aliphatic carbocycles. The fraction of sp³-hybridized carbons (Fsp3) is 1.00. The van der Waals surface area contributed by atoms with Gasteiger partial charge in [0.05, 0.1) is 13.2 Å². The van der Waals surface area contributed by atoms with E-state index < -0.39 is 5.97 Å². The van der Waals surface area contributed by atoms with Gasteiger partial charge in [0.2, 0.25) is 0 Å². The van der Waals surface area contributed by atoms with Crippen LogP contribution in [0.25, 0.3) is 0 Å². The molecule has 5 heteroatoms. The molecule has 0 saturated carbocycles. The summed E-state index contributed by atoms with van der Waals surface area (Å²) in [5.74, 6) is -0.808. The maximum atomic E-state index is 5.68. The van der Waals surface area contributed by atoms with Gasteiger partial charge in [0.15, 0.2) is 0 Å². The predicted octanol–water partition coefficient (Wildman–Crippen LogP) is 3.75. The molecule has 1 fully saturated rings. The second-order valence-electron chi connectivity index (χ2n) is 6.29. The highest BCUT2D eigenvalue weighted by atomic mass is 16.9. The standard InChI is InChI=1S/C18H36O5/c1-5-6-7-8-9-10-11-16(18(19-2,20-3)21-4)12-13-22-14-17-15-23-17/h16-17H,5-15H2,1-4H3. The van der Waals surface area contributed by atoms with Crippen molar-refractivity contribution in [3.05, 3.63) is 0 Å². The summed E-state index contributed by atoms with van der Waals surface area (Å²) >= 11 is 0. The molecule has 0 spiro atoms. The molecule has 1 aliphatic heterocycles. The van der Waals surface area contributed by atoms with Crippen LogP contribution in [0.5, 0.6) is 0 Å². The van der Waals surface area contributed by atoms with Gasteiger partial charge in [0.25, 0.3) is 5.97 Å². The SMILES string of the molecule is CCCCCCCCC(CCOCC1CO1)C(OC)(OC)OC. The summed E-state index contributed by atoms with van der Waals surface area (Å²) in [4.78, 5) is 0. The average molecular weight is 332 g/mol. The normalized spacial score (nSPS) is 19.0. The second-order valence-corrected chi connectivity index (χ2v) is 6.29. The third-order valence-corrected chi connectivity index (χ3v) is 4.58. The van der Waals surface area contributed by atoms with Crippen molar-refractivity contribution in [1.29, 1.82) is 0 Å². The van der Waals surface area contributed by atoms with Gasteiger partial charge in [-0.3, -0.25) is 0 Å². The van der Waals surface area contributed by atoms with Crippen LogP contribution in [-0.4, -0.2) is 53.2 Å². The van der Waals surface area contributed by atoms with Gasteiger partial charge in [-0.05, 0) is 12.8 Å². The third-order valence-electron chi connectivity index (χ3n) is 4.58. The van der Waals surface area contributed by atoms with E-state index in [1.165, 1.54) is 32.1 Å². The fourth-order valence-electron chi connectivity index (χ4n) is 3.02. The average Bonchev–Trinajstić information content (AvgIpc) is 3.40. The van der Waals surface area contributed by atoms with E-state index in [1.54, 1.807) is 21.3 Å². The summed E-state index contributed by atoms with van der Waals surface area (Å²) < 4.78 is 27.5. The Morgan fingerprint density at radius 3 is 2.13 bits per heavy atom. The quantitative estimate of drug-likeness (QED) is 0.245. The maximum absolute atomic E-state index is 5.68. The minimum absolute atomic E-state index is 0.161. The molecule has 0 bridgehead atoms. The van der Waals surface area contributed by atoms with Crippen molar-refractivity contribution in [3.8, 4) is 0 Å². The van der Waals surface area contributed by atoms with Gasteiger partial charge in [-0.25, -0.2) is 0 Å². The summed E-state index contributed by atoms with van der Waals surface area (Å²) in [6.45, 7) is 4.44. The van der Waals surface area contributed by atoms with E-state index in [9.17, 15) is 0 Å². The van der Waals surface area contributed by atoms with Crippen molar-refractivity contribution in [1.82, 2.24) is 0 Å².